The fourth-order valence-corrected chi connectivity index (χ4v) is 0.980. The standard InChI is InChI=1S/C6H7NS.C4H8.CH2O2/c7-8-6-4-2-1-3-5-6;1-4-2-3-4;2-1-3/h1-5H,7H2;4H,2-3H2,1H3;1H,(H,2,3). The van der Waals surface area contributed by atoms with Crippen LogP contribution in [0.25, 0.3) is 0 Å². The molecule has 0 saturated heterocycles. The van der Waals surface area contributed by atoms with Crippen molar-refractivity contribution in [2.24, 2.45) is 11.1 Å². The molecule has 3 nitrogen and oxygen atoms in total. The van der Waals surface area contributed by atoms with E-state index in [1.54, 1.807) is 0 Å². The van der Waals surface area contributed by atoms with E-state index in [2.05, 4.69) is 6.92 Å². The summed E-state index contributed by atoms with van der Waals surface area (Å²) in [5.74, 6) is 1.08. The van der Waals surface area contributed by atoms with Crippen LogP contribution in [0.2, 0.25) is 0 Å². The third-order valence-electron chi connectivity index (χ3n) is 1.75. The first-order chi connectivity index (χ1) is 7.24. The molecule has 1 aliphatic carbocycles. The van der Waals surface area contributed by atoms with Gasteiger partial charge >= 0.3 is 0 Å². The van der Waals surface area contributed by atoms with Crippen LogP contribution >= 0.6 is 11.9 Å². The number of carbonyl (C=O) groups is 1. The van der Waals surface area contributed by atoms with Gasteiger partial charge in [0.1, 0.15) is 0 Å². The number of nitrogens with two attached hydrogens (primary N) is 1. The van der Waals surface area contributed by atoms with Crippen LogP contribution in [0.1, 0.15) is 19.8 Å². The van der Waals surface area contributed by atoms with Crippen LogP contribution in [0.3, 0.4) is 0 Å². The molecule has 1 aliphatic rings. The van der Waals surface area contributed by atoms with Crippen molar-refractivity contribution in [1.82, 2.24) is 0 Å². The van der Waals surface area contributed by atoms with Gasteiger partial charge in [0.2, 0.25) is 0 Å². The van der Waals surface area contributed by atoms with E-state index in [0.29, 0.717) is 0 Å². The molecule has 0 atom stereocenters. The number of hydrogen-bond acceptors (Lipinski definition) is 3. The van der Waals surface area contributed by atoms with E-state index in [9.17, 15) is 0 Å². The highest BCUT2D eigenvalue weighted by Gasteiger charge is 2.12. The predicted octanol–water partition coefficient (Wildman–Crippen LogP) is 2.77. The maximum absolute atomic E-state index is 8.36. The summed E-state index contributed by atoms with van der Waals surface area (Å²) in [6.07, 6.45) is 2.97. The highest BCUT2D eigenvalue weighted by molar-refractivity contribution is 7.97. The van der Waals surface area contributed by atoms with Crippen LogP contribution in [-0.4, -0.2) is 11.6 Å². The van der Waals surface area contributed by atoms with Crippen LogP contribution in [-0.2, 0) is 4.79 Å². The Labute approximate surface area is 94.8 Å². The van der Waals surface area contributed by atoms with Crippen molar-refractivity contribution < 1.29 is 9.90 Å². The zero-order chi connectivity index (χ0) is 11.5. The molecule has 0 aliphatic heterocycles. The zero-order valence-electron chi connectivity index (χ0n) is 8.80. The lowest BCUT2D eigenvalue weighted by molar-refractivity contribution is -0.122. The lowest BCUT2D eigenvalue weighted by Gasteiger charge is -1.88. The second kappa shape index (κ2) is 9.55. The van der Waals surface area contributed by atoms with Gasteiger partial charge in [0.05, 0.1) is 0 Å². The Kier molecular flexibility index (Phi) is 8.91. The average Bonchev–Trinajstić information content (AvgIpc) is 3.04. The summed E-state index contributed by atoms with van der Waals surface area (Å²) in [5, 5.41) is 12.2. The monoisotopic (exact) mass is 227 g/mol. The van der Waals surface area contributed by atoms with Gasteiger partial charge in [-0.15, -0.1) is 0 Å². The van der Waals surface area contributed by atoms with Crippen molar-refractivity contribution in [3.8, 4) is 0 Å². The molecule has 0 bridgehead atoms. The number of carboxylic acid groups (broad SMARTS) is 1. The van der Waals surface area contributed by atoms with Crippen molar-refractivity contribution in [3.63, 3.8) is 0 Å². The number of rotatable bonds is 1. The van der Waals surface area contributed by atoms with Gasteiger partial charge in [0.25, 0.3) is 6.47 Å². The lowest BCUT2D eigenvalue weighted by Crippen LogP contribution is -1.75. The summed E-state index contributed by atoms with van der Waals surface area (Å²) in [4.78, 5) is 9.47. The van der Waals surface area contributed by atoms with E-state index >= 15 is 0 Å². The molecule has 84 valence electrons. The Morgan fingerprint density at radius 3 is 2.00 bits per heavy atom. The Hall–Kier alpha value is -1.00. The summed E-state index contributed by atoms with van der Waals surface area (Å²) < 4.78 is 0. The zero-order valence-corrected chi connectivity index (χ0v) is 9.61. The maximum atomic E-state index is 8.36. The molecule has 3 N–H and O–H groups in total. The molecule has 1 aromatic carbocycles. The SMILES string of the molecule is CC1CC1.NSc1ccccc1.O=CO. The first-order valence-corrected chi connectivity index (χ1v) is 5.62. The molecule has 1 fully saturated rings. The topological polar surface area (TPSA) is 63.3 Å². The molecule has 0 heterocycles. The molecule has 1 saturated carbocycles. The third kappa shape index (κ3) is 10.9. The minimum absolute atomic E-state index is 0.250. The molecule has 4 heteroatoms. The molecule has 0 aromatic heterocycles. The fourth-order valence-electron chi connectivity index (χ4n) is 0.666. The van der Waals surface area contributed by atoms with Crippen molar-refractivity contribution in [3.05, 3.63) is 30.3 Å². The molecule has 0 radical (unpaired) electrons. The van der Waals surface area contributed by atoms with Gasteiger partial charge in [0.15, 0.2) is 0 Å². The highest BCUT2D eigenvalue weighted by atomic mass is 32.2. The van der Waals surface area contributed by atoms with Crippen LogP contribution in [0, 0.1) is 5.92 Å². The van der Waals surface area contributed by atoms with Gasteiger partial charge in [-0.3, -0.25) is 9.93 Å². The molecular formula is C11H17NO2S. The van der Waals surface area contributed by atoms with Gasteiger partial charge < -0.3 is 5.11 Å². The minimum Gasteiger partial charge on any atom is -0.483 e. The molecular weight excluding hydrogens is 210 g/mol. The largest absolute Gasteiger partial charge is 0.483 e. The predicted molar refractivity (Wildman–Crippen MR) is 63.6 cm³/mol. The number of benzene rings is 1. The van der Waals surface area contributed by atoms with E-state index in [-0.39, 0.29) is 6.47 Å². The normalized spacial score (nSPS) is 12.7. The van der Waals surface area contributed by atoms with E-state index < -0.39 is 0 Å². The lowest BCUT2D eigenvalue weighted by atomic mass is 10.4. The van der Waals surface area contributed by atoms with E-state index in [0.717, 1.165) is 10.8 Å². The van der Waals surface area contributed by atoms with Gasteiger partial charge in [-0.25, -0.2) is 0 Å². The molecule has 15 heavy (non-hydrogen) atoms. The molecule has 0 amide bonds. The second-order valence-corrected chi connectivity index (χ2v) is 3.93. The van der Waals surface area contributed by atoms with Gasteiger partial charge in [0, 0.05) is 4.90 Å². The molecule has 0 unspecified atom stereocenters. The quantitative estimate of drug-likeness (QED) is 0.572. The molecule has 0 spiro atoms. The smallest absolute Gasteiger partial charge is 0.290 e. The van der Waals surface area contributed by atoms with Crippen LogP contribution in [0.4, 0.5) is 0 Å². The maximum Gasteiger partial charge on any atom is 0.290 e. The van der Waals surface area contributed by atoms with E-state index in [1.807, 2.05) is 30.3 Å². The number of hydrogen-bond donors (Lipinski definition) is 2. The van der Waals surface area contributed by atoms with Crippen molar-refractivity contribution in [1.29, 1.82) is 0 Å². The summed E-state index contributed by atoms with van der Waals surface area (Å²) in [5.41, 5.74) is 0. The fraction of sp³-hybridized carbons (Fsp3) is 0.364. The van der Waals surface area contributed by atoms with Crippen molar-refractivity contribution in [2.45, 2.75) is 24.7 Å². The Bertz CT molecular complexity index is 250. The Morgan fingerprint density at radius 2 is 1.80 bits per heavy atom. The van der Waals surface area contributed by atoms with E-state index in [1.165, 1.54) is 24.8 Å². The Morgan fingerprint density at radius 1 is 1.40 bits per heavy atom. The van der Waals surface area contributed by atoms with Crippen LogP contribution < -0.4 is 5.14 Å². The molecule has 2 rings (SSSR count). The average molecular weight is 227 g/mol. The summed E-state index contributed by atoms with van der Waals surface area (Å²) in [6.45, 7) is 2.03. The summed E-state index contributed by atoms with van der Waals surface area (Å²) in [7, 11) is 0. The van der Waals surface area contributed by atoms with Crippen LogP contribution in [0.5, 0.6) is 0 Å². The van der Waals surface area contributed by atoms with Crippen molar-refractivity contribution >= 4 is 18.4 Å². The highest BCUT2D eigenvalue weighted by Crippen LogP contribution is 2.26. The first kappa shape index (κ1) is 14.0. The Balaban J connectivity index is 0.000000234. The summed E-state index contributed by atoms with van der Waals surface area (Å²) in [6, 6.07) is 9.86. The second-order valence-electron chi connectivity index (χ2n) is 3.22. The van der Waals surface area contributed by atoms with Crippen LogP contribution in [0.15, 0.2) is 35.2 Å². The molecule has 1 aromatic rings. The third-order valence-corrected chi connectivity index (χ3v) is 2.29. The van der Waals surface area contributed by atoms with E-state index in [4.69, 9.17) is 15.0 Å². The van der Waals surface area contributed by atoms with Gasteiger partial charge in [-0.05, 0) is 30.0 Å². The summed E-state index contributed by atoms with van der Waals surface area (Å²) >= 11 is 1.27. The minimum atomic E-state index is -0.250. The van der Waals surface area contributed by atoms with Gasteiger partial charge in [-0.2, -0.15) is 0 Å². The van der Waals surface area contributed by atoms with Crippen molar-refractivity contribution in [2.75, 3.05) is 0 Å². The van der Waals surface area contributed by atoms with Gasteiger partial charge in [-0.1, -0.05) is 38.0 Å². The first-order valence-electron chi connectivity index (χ1n) is 4.74.